The van der Waals surface area contributed by atoms with Gasteiger partial charge in [0.2, 0.25) is 0 Å². The van der Waals surface area contributed by atoms with Crippen molar-refractivity contribution in [1.29, 1.82) is 0 Å². The van der Waals surface area contributed by atoms with Gasteiger partial charge < -0.3 is 10.2 Å². The van der Waals surface area contributed by atoms with Crippen LogP contribution in [0.2, 0.25) is 0 Å². The number of hydrogen-bond acceptors (Lipinski definition) is 6. The molecule has 4 rings (SSSR count). The maximum Gasteiger partial charge on any atom is 0.253 e. The smallest absolute Gasteiger partial charge is 0.253 e. The zero-order valence-electron chi connectivity index (χ0n) is 17.2. The van der Waals surface area contributed by atoms with Crippen LogP contribution in [-0.2, 0) is 13.1 Å². The van der Waals surface area contributed by atoms with Crippen molar-refractivity contribution in [3.63, 3.8) is 0 Å². The van der Waals surface area contributed by atoms with Crippen molar-refractivity contribution in [2.24, 2.45) is 0 Å². The van der Waals surface area contributed by atoms with Crippen LogP contribution in [0.25, 0.3) is 5.82 Å². The van der Waals surface area contributed by atoms with Gasteiger partial charge >= 0.3 is 0 Å². The minimum Gasteiger partial charge on any atom is -0.348 e. The van der Waals surface area contributed by atoms with Crippen LogP contribution in [0.3, 0.4) is 0 Å². The fourth-order valence-corrected chi connectivity index (χ4v) is 3.65. The van der Waals surface area contributed by atoms with E-state index in [-0.39, 0.29) is 5.91 Å². The molecule has 1 aliphatic heterocycles. The number of nitrogens with zero attached hydrogens (tertiary/aromatic N) is 6. The van der Waals surface area contributed by atoms with E-state index in [4.69, 9.17) is 0 Å². The number of aromatic nitrogens is 4. The molecule has 3 heterocycles. The Morgan fingerprint density at radius 1 is 1.03 bits per heavy atom. The van der Waals surface area contributed by atoms with Crippen LogP contribution in [0, 0.1) is 0 Å². The first-order valence-corrected chi connectivity index (χ1v) is 10.3. The highest BCUT2D eigenvalue weighted by Gasteiger charge is 2.17. The van der Waals surface area contributed by atoms with Gasteiger partial charge in [-0.3, -0.25) is 9.69 Å². The molecule has 1 fully saturated rings. The number of carbonyl (C=O) groups excluding carboxylic acids is 1. The molecule has 8 heteroatoms. The highest BCUT2D eigenvalue weighted by molar-refractivity contribution is 5.93. The highest BCUT2D eigenvalue weighted by Crippen LogP contribution is 2.14. The van der Waals surface area contributed by atoms with Crippen LogP contribution in [0.4, 0.5) is 0 Å². The lowest BCUT2D eigenvalue weighted by Gasteiger charge is -2.34. The third-order valence-electron chi connectivity index (χ3n) is 5.53. The molecule has 0 saturated carbocycles. The van der Waals surface area contributed by atoms with E-state index >= 15 is 0 Å². The van der Waals surface area contributed by atoms with Gasteiger partial charge in [0.1, 0.15) is 12.7 Å². The van der Waals surface area contributed by atoms with E-state index < -0.39 is 0 Å². The first-order valence-electron chi connectivity index (χ1n) is 10.3. The summed E-state index contributed by atoms with van der Waals surface area (Å²) in [6.45, 7) is 9.14. The molecule has 0 atom stereocenters. The Balaban J connectivity index is 1.35. The van der Waals surface area contributed by atoms with Gasteiger partial charge in [-0.25, -0.2) is 14.6 Å². The molecule has 2 aromatic heterocycles. The lowest BCUT2D eigenvalue weighted by atomic mass is 10.1. The number of benzene rings is 1. The van der Waals surface area contributed by atoms with Crippen molar-refractivity contribution in [3.05, 3.63) is 71.9 Å². The highest BCUT2D eigenvalue weighted by atomic mass is 16.1. The third-order valence-corrected chi connectivity index (χ3v) is 5.53. The number of amides is 1. The molecular formula is C22H27N7O. The second kappa shape index (κ2) is 9.60. The Morgan fingerprint density at radius 3 is 2.47 bits per heavy atom. The van der Waals surface area contributed by atoms with E-state index in [0.717, 1.165) is 44.8 Å². The average molecular weight is 406 g/mol. The molecule has 1 saturated heterocycles. The minimum absolute atomic E-state index is 0.140. The summed E-state index contributed by atoms with van der Waals surface area (Å²) in [4.78, 5) is 25.7. The van der Waals surface area contributed by atoms with E-state index in [1.54, 1.807) is 29.3 Å². The van der Waals surface area contributed by atoms with Crippen molar-refractivity contribution < 1.29 is 4.79 Å². The number of pyridine rings is 1. The monoisotopic (exact) mass is 405 g/mol. The molecule has 8 nitrogen and oxygen atoms in total. The number of rotatable bonds is 7. The summed E-state index contributed by atoms with van der Waals surface area (Å²) in [5.74, 6) is 0.483. The molecule has 0 aliphatic carbocycles. The second-order valence-corrected chi connectivity index (χ2v) is 7.41. The van der Waals surface area contributed by atoms with Crippen LogP contribution in [0.1, 0.15) is 28.4 Å². The SMILES string of the molecule is CCN1CCN(Cc2ccccc2CNC(=O)c2ccc(-n3cncn3)nc2)CC1. The van der Waals surface area contributed by atoms with Crippen LogP contribution >= 0.6 is 0 Å². The Morgan fingerprint density at radius 2 is 1.80 bits per heavy atom. The Labute approximate surface area is 176 Å². The number of hydrogen-bond donors (Lipinski definition) is 1. The summed E-state index contributed by atoms with van der Waals surface area (Å²) in [7, 11) is 0. The van der Waals surface area contributed by atoms with E-state index in [0.29, 0.717) is 17.9 Å². The quantitative estimate of drug-likeness (QED) is 0.645. The summed E-state index contributed by atoms with van der Waals surface area (Å²) in [6, 6.07) is 11.8. The Hall–Kier alpha value is -3.10. The van der Waals surface area contributed by atoms with E-state index in [2.05, 4.69) is 55.3 Å². The summed E-state index contributed by atoms with van der Waals surface area (Å²) in [6.07, 6.45) is 4.58. The molecule has 1 aromatic carbocycles. The Bertz CT molecular complexity index is 948. The molecule has 1 amide bonds. The predicted octanol–water partition coefficient (Wildman–Crippen LogP) is 1.73. The first kappa shape index (κ1) is 20.2. The number of carbonyl (C=O) groups is 1. The summed E-state index contributed by atoms with van der Waals surface area (Å²) < 4.78 is 1.55. The van der Waals surface area contributed by atoms with Crippen molar-refractivity contribution in [3.8, 4) is 5.82 Å². The number of likely N-dealkylation sites (N-methyl/N-ethyl adjacent to an activating group) is 1. The molecule has 0 radical (unpaired) electrons. The molecule has 30 heavy (non-hydrogen) atoms. The van der Waals surface area contributed by atoms with Gasteiger partial charge in [0.25, 0.3) is 5.91 Å². The molecule has 156 valence electrons. The zero-order chi connectivity index (χ0) is 20.8. The predicted molar refractivity (Wildman–Crippen MR) is 114 cm³/mol. The van der Waals surface area contributed by atoms with E-state index in [9.17, 15) is 4.79 Å². The number of piperazine rings is 1. The molecule has 0 bridgehead atoms. The standard InChI is InChI=1S/C22H27N7O/c1-2-27-9-11-28(12-10-27)15-20-6-4-3-5-18(20)13-25-22(30)19-7-8-21(24-14-19)29-17-23-16-26-29/h3-8,14,16-17H,2,9-13,15H2,1H3,(H,25,30). The van der Waals surface area contributed by atoms with Gasteiger partial charge in [0.05, 0.1) is 5.56 Å². The lowest BCUT2D eigenvalue weighted by molar-refractivity contribution is 0.0950. The van der Waals surface area contributed by atoms with Gasteiger partial charge in [-0.1, -0.05) is 31.2 Å². The van der Waals surface area contributed by atoms with Crippen LogP contribution in [0.5, 0.6) is 0 Å². The third kappa shape index (κ3) is 4.90. The molecule has 1 aliphatic rings. The van der Waals surface area contributed by atoms with Crippen molar-refractivity contribution in [2.75, 3.05) is 32.7 Å². The number of nitrogens with one attached hydrogen (secondary N) is 1. The van der Waals surface area contributed by atoms with Gasteiger partial charge in [0, 0.05) is 45.5 Å². The zero-order valence-corrected chi connectivity index (χ0v) is 17.2. The molecule has 0 unspecified atom stereocenters. The lowest BCUT2D eigenvalue weighted by Crippen LogP contribution is -2.45. The first-order chi connectivity index (χ1) is 14.7. The van der Waals surface area contributed by atoms with Crippen molar-refractivity contribution >= 4 is 5.91 Å². The van der Waals surface area contributed by atoms with Crippen molar-refractivity contribution in [1.82, 2.24) is 34.9 Å². The molecule has 0 spiro atoms. The maximum atomic E-state index is 12.6. The van der Waals surface area contributed by atoms with E-state index in [1.807, 2.05) is 6.07 Å². The summed E-state index contributed by atoms with van der Waals surface area (Å²) in [5, 5.41) is 7.06. The van der Waals surface area contributed by atoms with Crippen LogP contribution in [0.15, 0.2) is 55.2 Å². The average Bonchev–Trinajstić information content (AvgIpc) is 3.34. The second-order valence-electron chi connectivity index (χ2n) is 7.41. The fraction of sp³-hybridized carbons (Fsp3) is 0.364. The fourth-order valence-electron chi connectivity index (χ4n) is 3.65. The van der Waals surface area contributed by atoms with Gasteiger partial charge in [-0.2, -0.15) is 5.10 Å². The minimum atomic E-state index is -0.140. The summed E-state index contributed by atoms with van der Waals surface area (Å²) >= 11 is 0. The van der Waals surface area contributed by atoms with E-state index in [1.165, 1.54) is 11.9 Å². The molecular weight excluding hydrogens is 378 g/mol. The van der Waals surface area contributed by atoms with Crippen LogP contribution < -0.4 is 5.32 Å². The largest absolute Gasteiger partial charge is 0.348 e. The molecule has 1 N–H and O–H groups in total. The molecule has 3 aromatic rings. The van der Waals surface area contributed by atoms with Gasteiger partial charge in [-0.05, 0) is 29.8 Å². The maximum absolute atomic E-state index is 12.6. The Kier molecular flexibility index (Phi) is 6.46. The van der Waals surface area contributed by atoms with Crippen LogP contribution in [-0.4, -0.2) is 68.2 Å². The topological polar surface area (TPSA) is 79.2 Å². The van der Waals surface area contributed by atoms with Gasteiger partial charge in [0.15, 0.2) is 5.82 Å². The van der Waals surface area contributed by atoms with Crippen molar-refractivity contribution in [2.45, 2.75) is 20.0 Å². The van der Waals surface area contributed by atoms with Gasteiger partial charge in [-0.15, -0.1) is 0 Å². The normalized spacial score (nSPS) is 15.2. The summed E-state index contributed by atoms with van der Waals surface area (Å²) in [5.41, 5.74) is 2.94.